The molecule has 8 nitrogen and oxygen atoms in total. The lowest BCUT2D eigenvalue weighted by Gasteiger charge is -2.45. The van der Waals surface area contributed by atoms with E-state index in [0.717, 1.165) is 32.1 Å². The standard InChI is InChI=1S/C17H29N5O3S/c1-21(2)26(24,25)20-16-6-4-13(9-16)8-14(10-16)22-7-3-5-17(22,12-19)15(23)11-18/h13-14,20H,3-11,18H2,1-2H3/t13?,14?,16?,17-/m0/s1. The first-order valence-corrected chi connectivity index (χ1v) is 10.7. The van der Waals surface area contributed by atoms with Gasteiger partial charge in [-0.2, -0.15) is 22.7 Å². The molecule has 0 amide bonds. The molecule has 0 radical (unpaired) electrons. The minimum Gasteiger partial charge on any atom is -0.324 e. The topological polar surface area (TPSA) is 120 Å². The molecule has 3 N–H and O–H groups in total. The zero-order valence-corrected chi connectivity index (χ0v) is 16.4. The molecule has 3 aliphatic rings. The number of ketones is 1. The van der Waals surface area contributed by atoms with Gasteiger partial charge in [0.15, 0.2) is 11.3 Å². The van der Waals surface area contributed by atoms with E-state index in [0.29, 0.717) is 25.3 Å². The summed E-state index contributed by atoms with van der Waals surface area (Å²) in [6, 6.07) is 2.28. The molecule has 1 aliphatic heterocycles. The summed E-state index contributed by atoms with van der Waals surface area (Å²) in [5.74, 6) is 0.196. The Morgan fingerprint density at radius 1 is 1.38 bits per heavy atom. The SMILES string of the molecule is CN(C)S(=O)(=O)NC12CCC(CC(N3CCC[C@]3(C#N)C(=O)CN)C1)C2. The summed E-state index contributed by atoms with van der Waals surface area (Å²) >= 11 is 0. The summed E-state index contributed by atoms with van der Waals surface area (Å²) in [5.41, 5.74) is 3.97. The molecule has 0 aromatic carbocycles. The van der Waals surface area contributed by atoms with Gasteiger partial charge < -0.3 is 5.73 Å². The number of carbonyl (C=O) groups is 1. The number of hydrogen-bond donors (Lipinski definition) is 2. The Kier molecular flexibility index (Phi) is 5.18. The third-order valence-corrected chi connectivity index (χ3v) is 8.12. The number of hydrogen-bond acceptors (Lipinski definition) is 6. The van der Waals surface area contributed by atoms with E-state index in [4.69, 9.17) is 5.73 Å². The Bertz CT molecular complexity index is 718. The first-order valence-electron chi connectivity index (χ1n) is 9.31. The molecule has 3 fully saturated rings. The second-order valence-electron chi connectivity index (χ2n) is 8.27. The Balaban J connectivity index is 1.86. The maximum absolute atomic E-state index is 12.5. The molecule has 1 saturated heterocycles. The number of likely N-dealkylation sites (tertiary alicyclic amines) is 1. The van der Waals surface area contributed by atoms with Gasteiger partial charge in [-0.25, -0.2) is 0 Å². The molecule has 3 rings (SSSR count). The van der Waals surface area contributed by atoms with Crippen molar-refractivity contribution < 1.29 is 13.2 Å². The van der Waals surface area contributed by atoms with Crippen molar-refractivity contribution in [1.82, 2.24) is 13.9 Å². The second-order valence-corrected chi connectivity index (χ2v) is 10.2. The van der Waals surface area contributed by atoms with E-state index in [1.54, 1.807) is 0 Å². The van der Waals surface area contributed by atoms with Gasteiger partial charge >= 0.3 is 0 Å². The smallest absolute Gasteiger partial charge is 0.279 e. The van der Waals surface area contributed by atoms with Gasteiger partial charge in [0.2, 0.25) is 0 Å². The predicted molar refractivity (Wildman–Crippen MR) is 97.2 cm³/mol. The molecular formula is C17H29N5O3S. The van der Waals surface area contributed by atoms with E-state index in [1.807, 2.05) is 4.90 Å². The van der Waals surface area contributed by atoms with Crippen molar-refractivity contribution in [2.75, 3.05) is 27.2 Å². The lowest BCUT2D eigenvalue weighted by Crippen LogP contribution is -2.61. The van der Waals surface area contributed by atoms with Gasteiger partial charge in [0, 0.05) is 32.2 Å². The average Bonchev–Trinajstić information content (AvgIpc) is 3.15. The van der Waals surface area contributed by atoms with Crippen LogP contribution in [0.5, 0.6) is 0 Å². The molecule has 0 spiro atoms. The highest BCUT2D eigenvalue weighted by Crippen LogP contribution is 2.49. The number of nitrogens with one attached hydrogen (secondary N) is 1. The number of fused-ring (bicyclic) bond motifs is 2. The zero-order valence-electron chi connectivity index (χ0n) is 15.6. The van der Waals surface area contributed by atoms with Crippen LogP contribution in [-0.2, 0) is 15.0 Å². The highest BCUT2D eigenvalue weighted by atomic mass is 32.2. The maximum Gasteiger partial charge on any atom is 0.279 e. The van der Waals surface area contributed by atoms with E-state index in [-0.39, 0.29) is 18.4 Å². The molecule has 146 valence electrons. The molecule has 1 heterocycles. The van der Waals surface area contributed by atoms with E-state index < -0.39 is 21.3 Å². The normalized spacial score (nSPS) is 37.8. The van der Waals surface area contributed by atoms with Crippen LogP contribution < -0.4 is 10.5 Å². The Hall–Kier alpha value is -1.05. The number of rotatable bonds is 6. The molecule has 0 aromatic rings. The number of carbonyl (C=O) groups excluding carboxylic acids is 1. The van der Waals surface area contributed by atoms with E-state index in [2.05, 4.69) is 10.8 Å². The third-order valence-electron chi connectivity index (χ3n) is 6.47. The van der Waals surface area contributed by atoms with Crippen molar-refractivity contribution in [2.24, 2.45) is 11.7 Å². The van der Waals surface area contributed by atoms with E-state index in [9.17, 15) is 18.5 Å². The minimum atomic E-state index is -3.53. The van der Waals surface area contributed by atoms with Crippen LogP contribution in [0.4, 0.5) is 0 Å². The molecule has 2 bridgehead atoms. The van der Waals surface area contributed by atoms with Gasteiger partial charge in [-0.15, -0.1) is 0 Å². The maximum atomic E-state index is 12.5. The van der Waals surface area contributed by atoms with Gasteiger partial charge in [0.05, 0.1) is 12.6 Å². The van der Waals surface area contributed by atoms with Gasteiger partial charge in [-0.05, 0) is 50.9 Å². The van der Waals surface area contributed by atoms with Gasteiger partial charge in [0.25, 0.3) is 10.2 Å². The molecule has 26 heavy (non-hydrogen) atoms. The monoisotopic (exact) mass is 383 g/mol. The minimum absolute atomic E-state index is 0.0266. The van der Waals surface area contributed by atoms with Crippen molar-refractivity contribution in [3.05, 3.63) is 0 Å². The third kappa shape index (κ3) is 3.18. The molecule has 2 saturated carbocycles. The zero-order chi connectivity index (χ0) is 19.2. The lowest BCUT2D eigenvalue weighted by molar-refractivity contribution is -0.127. The van der Waals surface area contributed by atoms with Crippen LogP contribution in [0.1, 0.15) is 44.9 Å². The number of nitrogens with zero attached hydrogens (tertiary/aromatic N) is 3. The number of Topliss-reactive ketones (excluding diaryl/α,β-unsaturated/α-hetero) is 1. The van der Waals surface area contributed by atoms with Crippen molar-refractivity contribution in [3.8, 4) is 6.07 Å². The average molecular weight is 384 g/mol. The Morgan fingerprint density at radius 3 is 2.73 bits per heavy atom. The van der Waals surface area contributed by atoms with Gasteiger partial charge in [0.1, 0.15) is 0 Å². The number of nitrogens with two attached hydrogens (primary N) is 1. The van der Waals surface area contributed by atoms with E-state index >= 15 is 0 Å². The van der Waals surface area contributed by atoms with Crippen molar-refractivity contribution in [1.29, 1.82) is 5.26 Å². The molecule has 3 unspecified atom stereocenters. The summed E-state index contributed by atoms with van der Waals surface area (Å²) < 4.78 is 29.0. The highest BCUT2D eigenvalue weighted by molar-refractivity contribution is 7.87. The van der Waals surface area contributed by atoms with Crippen LogP contribution >= 0.6 is 0 Å². The second kappa shape index (κ2) is 6.84. The summed E-state index contributed by atoms with van der Waals surface area (Å²) in [7, 11) is -0.490. The summed E-state index contributed by atoms with van der Waals surface area (Å²) in [5, 5.41) is 9.80. The molecule has 0 aromatic heterocycles. The van der Waals surface area contributed by atoms with Crippen LogP contribution in [0.15, 0.2) is 0 Å². The van der Waals surface area contributed by atoms with E-state index in [1.165, 1.54) is 18.4 Å². The molecular weight excluding hydrogens is 354 g/mol. The first kappa shape index (κ1) is 19.7. The van der Waals surface area contributed by atoms with Gasteiger partial charge in [-0.3, -0.25) is 9.69 Å². The quantitative estimate of drug-likeness (QED) is 0.665. The van der Waals surface area contributed by atoms with Crippen LogP contribution in [0.3, 0.4) is 0 Å². The van der Waals surface area contributed by atoms with Crippen LogP contribution in [-0.4, -0.2) is 67.7 Å². The fourth-order valence-corrected chi connectivity index (χ4v) is 6.26. The predicted octanol–water partition coefficient (Wildman–Crippen LogP) is -0.0303. The highest BCUT2D eigenvalue weighted by Gasteiger charge is 2.55. The lowest BCUT2D eigenvalue weighted by atomic mass is 9.78. The Labute approximate surface area is 155 Å². The number of nitriles is 1. The largest absolute Gasteiger partial charge is 0.324 e. The van der Waals surface area contributed by atoms with Crippen LogP contribution in [0, 0.1) is 17.2 Å². The summed E-state index contributed by atoms with van der Waals surface area (Å²) in [6.45, 7) is 0.547. The van der Waals surface area contributed by atoms with Crippen LogP contribution in [0.25, 0.3) is 0 Å². The van der Waals surface area contributed by atoms with Crippen molar-refractivity contribution in [3.63, 3.8) is 0 Å². The molecule has 2 aliphatic carbocycles. The van der Waals surface area contributed by atoms with Crippen molar-refractivity contribution in [2.45, 2.75) is 62.1 Å². The first-order chi connectivity index (χ1) is 12.2. The van der Waals surface area contributed by atoms with Crippen LogP contribution in [0.2, 0.25) is 0 Å². The fraction of sp³-hybridized carbons (Fsp3) is 0.882. The Morgan fingerprint density at radius 2 is 2.12 bits per heavy atom. The van der Waals surface area contributed by atoms with Gasteiger partial charge in [-0.1, -0.05) is 0 Å². The fourth-order valence-electron chi connectivity index (χ4n) is 5.26. The summed E-state index contributed by atoms with van der Waals surface area (Å²) in [4.78, 5) is 14.5. The molecule has 4 atom stereocenters. The van der Waals surface area contributed by atoms with Crippen molar-refractivity contribution >= 4 is 16.0 Å². The summed E-state index contributed by atoms with van der Waals surface area (Å²) in [6.07, 6.45) is 5.46. The molecule has 9 heteroatoms.